The predicted molar refractivity (Wildman–Crippen MR) is 137 cm³/mol. The van der Waals surface area contributed by atoms with Gasteiger partial charge in [-0.2, -0.15) is 0 Å². The minimum atomic E-state index is -0.595. The molecule has 1 atom stereocenters. The molecule has 1 aromatic carbocycles. The third-order valence-corrected chi connectivity index (χ3v) is 6.36. The molecule has 0 saturated carbocycles. The molecule has 0 bridgehead atoms. The number of aromatic amines is 1. The van der Waals surface area contributed by atoms with Crippen LogP contribution in [0.1, 0.15) is 39.9 Å². The lowest BCUT2D eigenvalue weighted by molar-refractivity contribution is 0.00592. The maximum Gasteiger partial charge on any atom is 0.260 e. The van der Waals surface area contributed by atoms with Crippen LogP contribution in [0.3, 0.4) is 0 Å². The molecule has 2 heterocycles. The monoisotopic (exact) mass is 491 g/mol. The number of thiophene rings is 1. The van der Waals surface area contributed by atoms with Crippen LogP contribution >= 0.6 is 22.9 Å². The number of nitrogens with one attached hydrogen (secondary N) is 1. The first-order valence-corrected chi connectivity index (χ1v) is 12.7. The number of halogens is 1. The third-order valence-electron chi connectivity index (χ3n) is 5.26. The van der Waals surface area contributed by atoms with E-state index < -0.39 is 6.10 Å². The lowest BCUT2D eigenvalue weighted by atomic mass is 10.1. The van der Waals surface area contributed by atoms with Crippen LogP contribution in [0.15, 0.2) is 34.4 Å². The number of ether oxygens (including phenoxy) is 1. The molecule has 1 unspecified atom stereocenters. The van der Waals surface area contributed by atoms with Gasteiger partial charge in [0.2, 0.25) is 0 Å². The highest BCUT2D eigenvalue weighted by Gasteiger charge is 2.17. The molecule has 3 rings (SSSR count). The SMILES string of the molecule is CC(C)CCN(Cc1nc2scc(-c3cccc(Cl)c3)c2c(=O)[nH]1)CC(O)COCC(C)C. The van der Waals surface area contributed by atoms with Gasteiger partial charge in [0.15, 0.2) is 0 Å². The Bertz CT molecular complexity index is 1100. The zero-order chi connectivity index (χ0) is 24.0. The van der Waals surface area contributed by atoms with Gasteiger partial charge in [-0.1, -0.05) is 51.4 Å². The first-order valence-electron chi connectivity index (χ1n) is 11.5. The fourth-order valence-corrected chi connectivity index (χ4v) is 4.77. The summed E-state index contributed by atoms with van der Waals surface area (Å²) in [5.74, 6) is 1.57. The number of fused-ring (bicyclic) bond motifs is 1. The number of aliphatic hydroxyl groups excluding tert-OH is 1. The van der Waals surface area contributed by atoms with E-state index >= 15 is 0 Å². The Morgan fingerprint density at radius 2 is 2.00 bits per heavy atom. The molecule has 0 aliphatic rings. The maximum absolute atomic E-state index is 13.0. The van der Waals surface area contributed by atoms with Gasteiger partial charge in [-0.05, 0) is 42.5 Å². The summed E-state index contributed by atoms with van der Waals surface area (Å²) in [6, 6.07) is 7.48. The molecule has 8 heteroatoms. The molecule has 3 aromatic rings. The van der Waals surface area contributed by atoms with Crippen molar-refractivity contribution in [2.24, 2.45) is 11.8 Å². The van der Waals surface area contributed by atoms with E-state index in [-0.39, 0.29) is 5.56 Å². The average molecular weight is 492 g/mol. The molecule has 0 fully saturated rings. The number of nitrogens with zero attached hydrogens (tertiary/aromatic N) is 2. The minimum absolute atomic E-state index is 0.157. The highest BCUT2D eigenvalue weighted by atomic mass is 35.5. The fraction of sp³-hybridized carbons (Fsp3) is 0.520. The molecule has 2 N–H and O–H groups in total. The fourth-order valence-electron chi connectivity index (χ4n) is 3.61. The van der Waals surface area contributed by atoms with Gasteiger partial charge in [-0.15, -0.1) is 11.3 Å². The van der Waals surface area contributed by atoms with Crippen LogP contribution in [0.25, 0.3) is 21.3 Å². The smallest absolute Gasteiger partial charge is 0.260 e. The Labute approximate surface area is 204 Å². The lowest BCUT2D eigenvalue weighted by Gasteiger charge is -2.25. The van der Waals surface area contributed by atoms with Gasteiger partial charge in [0.1, 0.15) is 10.7 Å². The summed E-state index contributed by atoms with van der Waals surface area (Å²) in [5, 5.41) is 13.7. The van der Waals surface area contributed by atoms with Crippen molar-refractivity contribution >= 4 is 33.2 Å². The molecule has 2 aromatic heterocycles. The van der Waals surface area contributed by atoms with Crippen molar-refractivity contribution in [3.05, 3.63) is 50.8 Å². The van der Waals surface area contributed by atoms with Crippen molar-refractivity contribution in [2.45, 2.75) is 46.8 Å². The summed E-state index contributed by atoms with van der Waals surface area (Å²) >= 11 is 7.60. The van der Waals surface area contributed by atoms with E-state index in [9.17, 15) is 9.90 Å². The summed E-state index contributed by atoms with van der Waals surface area (Å²) in [4.78, 5) is 23.5. The van der Waals surface area contributed by atoms with E-state index in [4.69, 9.17) is 21.3 Å². The number of benzene rings is 1. The molecule has 6 nitrogen and oxygen atoms in total. The molecule has 180 valence electrons. The van der Waals surface area contributed by atoms with E-state index in [0.29, 0.717) is 59.2 Å². The van der Waals surface area contributed by atoms with E-state index in [1.807, 2.05) is 29.6 Å². The lowest BCUT2D eigenvalue weighted by Crippen LogP contribution is -2.36. The largest absolute Gasteiger partial charge is 0.389 e. The molecule has 0 radical (unpaired) electrons. The van der Waals surface area contributed by atoms with Gasteiger partial charge in [0.05, 0.1) is 24.6 Å². The molecule has 33 heavy (non-hydrogen) atoms. The second-order valence-corrected chi connectivity index (χ2v) is 10.6. The first kappa shape index (κ1) is 25.8. The van der Waals surface area contributed by atoms with Gasteiger partial charge >= 0.3 is 0 Å². The zero-order valence-electron chi connectivity index (χ0n) is 19.8. The summed E-state index contributed by atoms with van der Waals surface area (Å²) in [6.07, 6.45) is 0.395. The Morgan fingerprint density at radius 1 is 1.21 bits per heavy atom. The topological polar surface area (TPSA) is 78.5 Å². The van der Waals surface area contributed by atoms with Crippen LogP contribution in [-0.2, 0) is 11.3 Å². The van der Waals surface area contributed by atoms with Crippen LogP contribution in [0.4, 0.5) is 0 Å². The van der Waals surface area contributed by atoms with Crippen LogP contribution in [0.5, 0.6) is 0 Å². The van der Waals surface area contributed by atoms with Crippen LogP contribution < -0.4 is 5.56 Å². The Balaban J connectivity index is 1.78. The van der Waals surface area contributed by atoms with Crippen molar-refractivity contribution in [1.82, 2.24) is 14.9 Å². The zero-order valence-corrected chi connectivity index (χ0v) is 21.4. The molecule has 0 amide bonds. The number of H-pyrrole nitrogens is 1. The van der Waals surface area contributed by atoms with Crippen molar-refractivity contribution in [1.29, 1.82) is 0 Å². The number of hydrogen-bond acceptors (Lipinski definition) is 6. The normalized spacial score (nSPS) is 13.0. The first-order chi connectivity index (χ1) is 15.7. The molecule has 0 spiro atoms. The number of aromatic nitrogens is 2. The van der Waals surface area contributed by atoms with Gasteiger partial charge in [-0.3, -0.25) is 9.69 Å². The van der Waals surface area contributed by atoms with E-state index in [1.54, 1.807) is 0 Å². The second-order valence-electron chi connectivity index (χ2n) is 9.36. The number of hydrogen-bond donors (Lipinski definition) is 2. The van der Waals surface area contributed by atoms with Crippen molar-refractivity contribution < 1.29 is 9.84 Å². The van der Waals surface area contributed by atoms with E-state index in [0.717, 1.165) is 24.1 Å². The van der Waals surface area contributed by atoms with Crippen LogP contribution in [0.2, 0.25) is 5.02 Å². The Morgan fingerprint density at radius 3 is 2.70 bits per heavy atom. The summed E-state index contributed by atoms with van der Waals surface area (Å²) < 4.78 is 5.61. The van der Waals surface area contributed by atoms with Crippen molar-refractivity contribution in [3.8, 4) is 11.1 Å². The molecular weight excluding hydrogens is 458 g/mol. The molecule has 0 aliphatic carbocycles. The number of rotatable bonds is 12. The van der Waals surface area contributed by atoms with Crippen LogP contribution in [0, 0.1) is 11.8 Å². The molecular formula is C25H34ClN3O3S. The van der Waals surface area contributed by atoms with Gasteiger partial charge < -0.3 is 14.8 Å². The third kappa shape index (κ3) is 7.62. The van der Waals surface area contributed by atoms with Crippen molar-refractivity contribution in [3.63, 3.8) is 0 Å². The average Bonchev–Trinajstić information content (AvgIpc) is 3.16. The minimum Gasteiger partial charge on any atom is -0.389 e. The van der Waals surface area contributed by atoms with Gasteiger partial charge in [0, 0.05) is 29.1 Å². The van der Waals surface area contributed by atoms with E-state index in [2.05, 4.69) is 37.6 Å². The van der Waals surface area contributed by atoms with Gasteiger partial charge in [0.25, 0.3) is 5.56 Å². The Hall–Kier alpha value is -1.77. The molecule has 0 aliphatic heterocycles. The highest BCUT2D eigenvalue weighted by Crippen LogP contribution is 2.32. The second kappa shape index (κ2) is 12.1. The maximum atomic E-state index is 13.0. The summed E-state index contributed by atoms with van der Waals surface area (Å²) in [6.45, 7) is 11.2. The van der Waals surface area contributed by atoms with Crippen molar-refractivity contribution in [2.75, 3.05) is 26.3 Å². The van der Waals surface area contributed by atoms with Crippen LogP contribution in [-0.4, -0.2) is 52.4 Å². The van der Waals surface area contributed by atoms with Gasteiger partial charge in [-0.25, -0.2) is 4.98 Å². The standard InChI is InChI=1S/C25H34ClN3O3S/c1-16(2)8-9-29(11-20(30)14-32-13-17(3)4)12-22-27-24(31)23-21(15-33-25(23)28-22)18-6-5-7-19(26)10-18/h5-7,10,15-17,20,30H,8-9,11-14H2,1-4H3,(H,27,28,31). The summed E-state index contributed by atoms with van der Waals surface area (Å²) in [5.41, 5.74) is 1.58. The Kier molecular flexibility index (Phi) is 9.47. The number of aliphatic hydroxyl groups is 1. The highest BCUT2D eigenvalue weighted by molar-refractivity contribution is 7.17. The quantitative estimate of drug-likeness (QED) is 0.364. The summed E-state index contributed by atoms with van der Waals surface area (Å²) in [7, 11) is 0. The molecule has 0 saturated heterocycles. The van der Waals surface area contributed by atoms with E-state index in [1.165, 1.54) is 11.3 Å². The predicted octanol–water partition coefficient (Wildman–Crippen LogP) is 5.19.